The fourth-order valence-corrected chi connectivity index (χ4v) is 0.650. The van der Waals surface area contributed by atoms with E-state index >= 15 is 0 Å². The van der Waals surface area contributed by atoms with Gasteiger partial charge in [0.1, 0.15) is 0 Å². The van der Waals surface area contributed by atoms with Crippen molar-refractivity contribution in [3.63, 3.8) is 0 Å². The number of nitrogens with zero attached hydrogens (tertiary/aromatic N) is 3. The molecule has 1 aromatic heterocycles. The fourth-order valence-electron chi connectivity index (χ4n) is 0.650. The minimum absolute atomic E-state index is 0.0960. The molecule has 0 spiro atoms. The van der Waals surface area contributed by atoms with Crippen molar-refractivity contribution in [3.8, 4) is 0 Å². The highest BCUT2D eigenvalue weighted by atomic mass is 16.5. The van der Waals surface area contributed by atoms with E-state index in [9.17, 15) is 0 Å². The molecule has 0 amide bonds. The van der Waals surface area contributed by atoms with E-state index in [4.69, 9.17) is 5.21 Å². The second-order valence-corrected chi connectivity index (χ2v) is 1.92. The molecule has 12 heavy (non-hydrogen) atoms. The Morgan fingerprint density at radius 1 is 0.917 bits per heavy atom. The minimum atomic E-state index is 0.0960. The maximum absolute atomic E-state index is 8.52. The van der Waals surface area contributed by atoms with Crippen LogP contribution in [0.25, 0.3) is 0 Å². The van der Waals surface area contributed by atoms with Crippen LogP contribution in [0.4, 0.5) is 17.8 Å². The van der Waals surface area contributed by atoms with E-state index in [0.717, 1.165) is 0 Å². The van der Waals surface area contributed by atoms with Gasteiger partial charge in [-0.15, -0.1) is 0 Å². The number of hydrogen-bond acceptors (Lipinski definition) is 7. The summed E-state index contributed by atoms with van der Waals surface area (Å²) in [5.41, 5.74) is 1.83. The third kappa shape index (κ3) is 1.70. The van der Waals surface area contributed by atoms with Gasteiger partial charge in [0, 0.05) is 14.1 Å². The summed E-state index contributed by atoms with van der Waals surface area (Å²) in [5, 5.41) is 14.0. The van der Waals surface area contributed by atoms with Gasteiger partial charge in [0.25, 0.3) is 5.95 Å². The average Bonchev–Trinajstić information content (AvgIpc) is 2.16. The molecular weight excluding hydrogens is 160 g/mol. The van der Waals surface area contributed by atoms with Gasteiger partial charge in [-0.25, -0.2) is 5.48 Å². The molecule has 1 heterocycles. The lowest BCUT2D eigenvalue weighted by Crippen LogP contribution is -2.07. The van der Waals surface area contributed by atoms with Crippen molar-refractivity contribution >= 4 is 17.8 Å². The van der Waals surface area contributed by atoms with Crippen LogP contribution in [0.2, 0.25) is 0 Å². The molecule has 1 aromatic rings. The van der Waals surface area contributed by atoms with Crippen LogP contribution < -0.4 is 16.1 Å². The molecule has 7 nitrogen and oxygen atoms in total. The van der Waals surface area contributed by atoms with Gasteiger partial charge in [-0.3, -0.25) is 5.21 Å². The molecule has 0 aliphatic heterocycles. The van der Waals surface area contributed by atoms with Crippen molar-refractivity contribution < 1.29 is 5.21 Å². The highest BCUT2D eigenvalue weighted by Gasteiger charge is 2.01. The average molecular weight is 170 g/mol. The number of hydrogen-bond donors (Lipinski definition) is 4. The molecule has 0 unspecified atom stereocenters. The van der Waals surface area contributed by atoms with Crippen LogP contribution in [0.1, 0.15) is 0 Å². The Morgan fingerprint density at radius 2 is 1.33 bits per heavy atom. The standard InChI is InChI=1S/C5H10N6O/c1-6-3-8-4(7-2)10-5(9-3)11-12/h12H,1-2H3,(H3,6,7,8,9,10,11). The summed E-state index contributed by atoms with van der Waals surface area (Å²) in [6, 6.07) is 0. The molecule has 0 saturated carbocycles. The van der Waals surface area contributed by atoms with Crippen molar-refractivity contribution in [1.82, 2.24) is 15.0 Å². The lowest BCUT2D eigenvalue weighted by Gasteiger charge is -2.03. The number of rotatable bonds is 3. The molecule has 0 radical (unpaired) electrons. The maximum Gasteiger partial charge on any atom is 0.253 e. The van der Waals surface area contributed by atoms with Crippen LogP contribution in [-0.2, 0) is 0 Å². The van der Waals surface area contributed by atoms with Crippen molar-refractivity contribution in [1.29, 1.82) is 0 Å². The third-order valence-corrected chi connectivity index (χ3v) is 1.18. The predicted molar refractivity (Wildman–Crippen MR) is 44.3 cm³/mol. The Balaban J connectivity index is 3.01. The molecule has 0 aliphatic carbocycles. The number of aromatic nitrogens is 3. The van der Waals surface area contributed by atoms with Crippen LogP contribution in [-0.4, -0.2) is 34.3 Å². The van der Waals surface area contributed by atoms with Gasteiger partial charge in [-0.05, 0) is 0 Å². The van der Waals surface area contributed by atoms with E-state index in [1.54, 1.807) is 14.1 Å². The summed E-state index contributed by atoms with van der Waals surface area (Å²) in [4.78, 5) is 11.5. The zero-order valence-electron chi connectivity index (χ0n) is 6.79. The Bertz CT molecular complexity index is 209. The normalized spacial score (nSPS) is 9.25. The van der Waals surface area contributed by atoms with E-state index in [1.165, 1.54) is 0 Å². The zero-order valence-corrected chi connectivity index (χ0v) is 6.79. The van der Waals surface area contributed by atoms with E-state index < -0.39 is 0 Å². The Kier molecular flexibility index (Phi) is 2.59. The van der Waals surface area contributed by atoms with Gasteiger partial charge in [-0.2, -0.15) is 15.0 Å². The fraction of sp³-hybridized carbons (Fsp3) is 0.400. The van der Waals surface area contributed by atoms with Gasteiger partial charge >= 0.3 is 0 Å². The van der Waals surface area contributed by atoms with Crippen LogP contribution in [0.15, 0.2) is 0 Å². The smallest absolute Gasteiger partial charge is 0.253 e. The lowest BCUT2D eigenvalue weighted by molar-refractivity contribution is 0.382. The largest absolute Gasteiger partial charge is 0.357 e. The van der Waals surface area contributed by atoms with Gasteiger partial charge in [0.2, 0.25) is 11.9 Å². The van der Waals surface area contributed by atoms with Crippen LogP contribution in [0, 0.1) is 0 Å². The monoisotopic (exact) mass is 170 g/mol. The Morgan fingerprint density at radius 3 is 1.67 bits per heavy atom. The molecule has 0 atom stereocenters. The van der Waals surface area contributed by atoms with Crippen molar-refractivity contribution in [2.24, 2.45) is 0 Å². The molecule has 1 rings (SSSR count). The summed E-state index contributed by atoms with van der Waals surface area (Å²) < 4.78 is 0. The van der Waals surface area contributed by atoms with Crippen molar-refractivity contribution in [2.75, 3.05) is 30.2 Å². The molecule has 4 N–H and O–H groups in total. The van der Waals surface area contributed by atoms with Crippen LogP contribution in [0.3, 0.4) is 0 Å². The molecular formula is C5H10N6O. The summed E-state index contributed by atoms with van der Waals surface area (Å²) >= 11 is 0. The lowest BCUT2D eigenvalue weighted by atomic mass is 10.8. The molecule has 66 valence electrons. The molecule has 0 aromatic carbocycles. The van der Waals surface area contributed by atoms with Gasteiger partial charge in [0.15, 0.2) is 0 Å². The first-order chi connectivity index (χ1) is 5.80. The van der Waals surface area contributed by atoms with Gasteiger partial charge in [-0.1, -0.05) is 0 Å². The Hall–Kier alpha value is -1.63. The highest BCUT2D eigenvalue weighted by Crippen LogP contribution is 2.06. The topological polar surface area (TPSA) is 95.0 Å². The highest BCUT2D eigenvalue weighted by molar-refractivity contribution is 5.40. The van der Waals surface area contributed by atoms with Crippen LogP contribution >= 0.6 is 0 Å². The summed E-state index contributed by atoms with van der Waals surface area (Å²) in [5.74, 6) is 0.857. The summed E-state index contributed by atoms with van der Waals surface area (Å²) in [6.07, 6.45) is 0. The van der Waals surface area contributed by atoms with Gasteiger partial charge in [0.05, 0.1) is 0 Å². The quantitative estimate of drug-likeness (QED) is 0.465. The van der Waals surface area contributed by atoms with E-state index in [0.29, 0.717) is 11.9 Å². The number of anilines is 3. The second kappa shape index (κ2) is 3.67. The maximum atomic E-state index is 8.52. The van der Waals surface area contributed by atoms with E-state index in [2.05, 4.69) is 25.6 Å². The first kappa shape index (κ1) is 8.47. The molecule has 0 bridgehead atoms. The van der Waals surface area contributed by atoms with Crippen LogP contribution in [0.5, 0.6) is 0 Å². The zero-order chi connectivity index (χ0) is 8.97. The SMILES string of the molecule is CNc1nc(NC)nc(NO)n1. The third-order valence-electron chi connectivity index (χ3n) is 1.18. The van der Waals surface area contributed by atoms with E-state index in [-0.39, 0.29) is 5.95 Å². The van der Waals surface area contributed by atoms with Gasteiger partial charge < -0.3 is 10.6 Å². The number of nitrogens with one attached hydrogen (secondary N) is 3. The molecule has 7 heteroatoms. The summed E-state index contributed by atoms with van der Waals surface area (Å²) in [7, 11) is 3.35. The van der Waals surface area contributed by atoms with Crippen molar-refractivity contribution in [3.05, 3.63) is 0 Å². The predicted octanol–water partition coefficient (Wildman–Crippen LogP) is -0.244. The first-order valence-corrected chi connectivity index (χ1v) is 3.32. The molecule has 0 fully saturated rings. The Labute approximate surface area is 69.2 Å². The van der Waals surface area contributed by atoms with Crippen molar-refractivity contribution in [2.45, 2.75) is 0 Å². The molecule has 0 saturated heterocycles. The second-order valence-electron chi connectivity index (χ2n) is 1.92. The van der Waals surface area contributed by atoms with E-state index in [1.807, 2.05) is 5.48 Å². The first-order valence-electron chi connectivity index (χ1n) is 3.32. The summed E-state index contributed by atoms with van der Waals surface area (Å²) in [6.45, 7) is 0. The molecule has 0 aliphatic rings. The minimum Gasteiger partial charge on any atom is -0.357 e.